The number of nitrogen functional groups attached to an aromatic ring is 2. The largest absolute Gasteiger partial charge is 0.490 e. The second kappa shape index (κ2) is 12.9. The third-order valence-electron chi connectivity index (χ3n) is 10.4. The lowest BCUT2D eigenvalue weighted by atomic mass is 9.91. The number of pyridine rings is 1. The zero-order chi connectivity index (χ0) is 36.5. The summed E-state index contributed by atoms with van der Waals surface area (Å²) in [7, 11) is 1.29. The number of halogens is 5. The van der Waals surface area contributed by atoms with Gasteiger partial charge in [0.05, 0.1) is 30.6 Å². The standard InChI is InChI=1S/C29H21F4N7O2S.C7H12FN/c1-41-28-38-23-20-24(42-10-9-40(27(20)39-28)15-6-5-12-7-8-37-25(35)17(12)15)21(29(31,32)33)19(22(23)30)13-3-2-4-16-18(13)14(11-34)26(36)43-16;8-6-4-7-2-1-3-9(7)5-6/h2-4,7-8,15H,5-6,9-10,36H2,1H3,(H2,35,37);6-7H,1-5H2. The van der Waals surface area contributed by atoms with Gasteiger partial charge in [0.2, 0.25) is 0 Å². The van der Waals surface area contributed by atoms with E-state index in [0.29, 0.717) is 35.9 Å². The molecule has 10 nitrogen and oxygen atoms in total. The quantitative estimate of drug-likeness (QED) is 0.183. The van der Waals surface area contributed by atoms with Gasteiger partial charge < -0.3 is 25.8 Å². The van der Waals surface area contributed by atoms with E-state index in [1.165, 1.54) is 32.1 Å². The van der Waals surface area contributed by atoms with E-state index in [1.807, 2.05) is 12.1 Å². The van der Waals surface area contributed by atoms with Crippen molar-refractivity contribution in [3.63, 3.8) is 0 Å². The molecule has 2 aromatic carbocycles. The van der Waals surface area contributed by atoms with E-state index >= 15 is 17.6 Å². The highest BCUT2D eigenvalue weighted by atomic mass is 32.1. The summed E-state index contributed by atoms with van der Waals surface area (Å²) in [6.45, 7) is 1.80. The Morgan fingerprint density at radius 1 is 1.12 bits per heavy atom. The van der Waals surface area contributed by atoms with Crippen molar-refractivity contribution in [3.8, 4) is 29.0 Å². The molecule has 6 heterocycles. The lowest BCUT2D eigenvalue weighted by molar-refractivity contribution is -0.138. The number of fused-ring (bicyclic) bond motifs is 3. The van der Waals surface area contributed by atoms with Crippen molar-refractivity contribution in [2.75, 3.05) is 49.7 Å². The number of anilines is 3. The van der Waals surface area contributed by atoms with Crippen LogP contribution in [0.15, 0.2) is 30.5 Å². The number of hydrogen-bond donors (Lipinski definition) is 2. The first-order valence-corrected chi connectivity index (χ1v) is 17.7. The van der Waals surface area contributed by atoms with Crippen LogP contribution in [0.2, 0.25) is 0 Å². The van der Waals surface area contributed by atoms with Crippen LogP contribution in [0.1, 0.15) is 54.0 Å². The van der Waals surface area contributed by atoms with Crippen molar-refractivity contribution in [1.29, 1.82) is 5.26 Å². The van der Waals surface area contributed by atoms with E-state index in [9.17, 15) is 9.65 Å². The Morgan fingerprint density at radius 3 is 2.69 bits per heavy atom. The first-order valence-electron chi connectivity index (χ1n) is 16.9. The number of nitriles is 1. The van der Waals surface area contributed by atoms with Crippen LogP contribution >= 0.6 is 11.3 Å². The maximum absolute atomic E-state index is 16.8. The lowest BCUT2D eigenvalue weighted by Crippen LogP contribution is -2.32. The number of nitrogens with two attached hydrogens (primary N) is 2. The van der Waals surface area contributed by atoms with E-state index < -0.39 is 46.6 Å². The van der Waals surface area contributed by atoms with E-state index in [2.05, 4.69) is 19.9 Å². The van der Waals surface area contributed by atoms with E-state index in [-0.39, 0.29) is 51.9 Å². The van der Waals surface area contributed by atoms with Crippen molar-refractivity contribution in [2.45, 2.75) is 56.5 Å². The first-order chi connectivity index (χ1) is 25.0. The van der Waals surface area contributed by atoms with Crippen LogP contribution < -0.4 is 25.8 Å². The average molecular weight is 737 g/mol. The zero-order valence-electron chi connectivity index (χ0n) is 27.9. The van der Waals surface area contributed by atoms with Crippen LogP contribution in [0.25, 0.3) is 32.1 Å². The fourth-order valence-electron chi connectivity index (χ4n) is 8.28. The summed E-state index contributed by atoms with van der Waals surface area (Å²) < 4.78 is 86.4. The van der Waals surface area contributed by atoms with Crippen LogP contribution in [-0.4, -0.2) is 65.4 Å². The van der Waals surface area contributed by atoms with Crippen LogP contribution in [0.4, 0.5) is 38.6 Å². The number of ether oxygens (including phenoxy) is 2. The number of hydrogen-bond acceptors (Lipinski definition) is 11. The fourth-order valence-corrected chi connectivity index (χ4v) is 9.23. The highest BCUT2D eigenvalue weighted by Gasteiger charge is 2.45. The van der Waals surface area contributed by atoms with Gasteiger partial charge in [0.1, 0.15) is 52.3 Å². The minimum absolute atomic E-state index is 0.0297. The van der Waals surface area contributed by atoms with Gasteiger partial charge in [0, 0.05) is 40.0 Å². The second-order valence-corrected chi connectivity index (χ2v) is 14.4. The molecule has 3 atom stereocenters. The minimum Gasteiger partial charge on any atom is -0.490 e. The van der Waals surface area contributed by atoms with Crippen LogP contribution in [0, 0.1) is 17.1 Å². The zero-order valence-corrected chi connectivity index (χ0v) is 28.8. The Balaban J connectivity index is 0.000000372. The molecule has 2 saturated heterocycles. The third kappa shape index (κ3) is 5.48. The van der Waals surface area contributed by atoms with Gasteiger partial charge in [-0.2, -0.15) is 28.4 Å². The fraction of sp³-hybridized carbons (Fsp3) is 0.389. The summed E-state index contributed by atoms with van der Waals surface area (Å²) in [6.07, 6.45) is 0.595. The Kier molecular flexibility index (Phi) is 8.45. The SMILES string of the molecule is COc1nc2c3c(c(C(F)(F)F)c(-c4cccc5sc(N)c(C#N)c45)c(F)c3n1)OCCN2C1CCc2ccnc(N)c21.FC1CC2CCCN2C1. The lowest BCUT2D eigenvalue weighted by Gasteiger charge is -2.30. The highest BCUT2D eigenvalue weighted by Crippen LogP contribution is 2.54. The van der Waals surface area contributed by atoms with Gasteiger partial charge in [-0.15, -0.1) is 11.3 Å². The summed E-state index contributed by atoms with van der Waals surface area (Å²) >= 11 is 1.03. The molecule has 9 rings (SSSR count). The van der Waals surface area contributed by atoms with Crippen molar-refractivity contribution >= 4 is 49.0 Å². The van der Waals surface area contributed by atoms with Crippen molar-refractivity contribution in [2.24, 2.45) is 0 Å². The Bertz CT molecular complexity index is 2260. The maximum Gasteiger partial charge on any atom is 0.420 e. The number of rotatable bonds is 3. The summed E-state index contributed by atoms with van der Waals surface area (Å²) in [4.78, 5) is 16.9. The number of nitrogens with zero attached hydrogens (tertiary/aromatic N) is 6. The van der Waals surface area contributed by atoms with Crippen LogP contribution in [0.3, 0.4) is 0 Å². The monoisotopic (exact) mass is 736 g/mol. The summed E-state index contributed by atoms with van der Waals surface area (Å²) in [5.41, 5.74) is 11.3. The topological polar surface area (TPSA) is 139 Å². The molecule has 1 aliphatic carbocycles. The Morgan fingerprint density at radius 2 is 1.94 bits per heavy atom. The van der Waals surface area contributed by atoms with Gasteiger partial charge in [-0.25, -0.2) is 13.8 Å². The van der Waals surface area contributed by atoms with Crippen molar-refractivity contribution < 1.29 is 31.4 Å². The van der Waals surface area contributed by atoms with Crippen molar-refractivity contribution in [3.05, 3.63) is 58.5 Å². The van der Waals surface area contributed by atoms with Crippen molar-refractivity contribution in [1.82, 2.24) is 19.9 Å². The Hall–Kier alpha value is -5.01. The van der Waals surface area contributed by atoms with E-state index in [0.717, 1.165) is 35.4 Å². The van der Waals surface area contributed by atoms with Gasteiger partial charge in [-0.3, -0.25) is 4.90 Å². The van der Waals surface area contributed by atoms with Gasteiger partial charge in [0.25, 0.3) is 0 Å². The number of thiophene rings is 1. The molecule has 2 fully saturated rings. The molecule has 52 heavy (non-hydrogen) atoms. The average Bonchev–Trinajstić information content (AvgIpc) is 3.87. The number of benzene rings is 2. The summed E-state index contributed by atoms with van der Waals surface area (Å²) in [6, 6.07) is 8.20. The summed E-state index contributed by atoms with van der Waals surface area (Å²) in [5.74, 6) is -1.53. The van der Waals surface area contributed by atoms with Crippen LogP contribution in [0.5, 0.6) is 11.8 Å². The molecular weight excluding hydrogens is 704 g/mol. The normalized spacial score (nSPS) is 20.9. The molecule has 4 aliphatic rings. The third-order valence-corrected chi connectivity index (χ3v) is 11.4. The molecule has 3 aliphatic heterocycles. The molecule has 3 unspecified atom stereocenters. The van der Waals surface area contributed by atoms with Gasteiger partial charge in [-0.1, -0.05) is 12.1 Å². The molecule has 5 aromatic rings. The Labute approximate surface area is 298 Å². The number of aromatic nitrogens is 3. The number of methoxy groups -OCH3 is 1. The van der Waals surface area contributed by atoms with E-state index in [1.54, 1.807) is 17.2 Å². The molecule has 16 heteroatoms. The predicted molar refractivity (Wildman–Crippen MR) is 188 cm³/mol. The van der Waals surface area contributed by atoms with Gasteiger partial charge >= 0.3 is 12.2 Å². The number of alkyl halides is 4. The molecule has 0 bridgehead atoms. The molecule has 0 radical (unpaired) electrons. The first kappa shape index (κ1) is 34.1. The highest BCUT2D eigenvalue weighted by molar-refractivity contribution is 7.23. The molecule has 4 N–H and O–H groups in total. The molecular formula is C36H33F5N8O2S. The second-order valence-electron chi connectivity index (χ2n) is 13.3. The van der Waals surface area contributed by atoms with Gasteiger partial charge in [-0.05, 0) is 61.9 Å². The van der Waals surface area contributed by atoms with Crippen LogP contribution in [-0.2, 0) is 12.6 Å². The molecule has 0 spiro atoms. The maximum atomic E-state index is 16.8. The van der Waals surface area contributed by atoms with E-state index in [4.69, 9.17) is 20.9 Å². The number of aryl methyl sites for hydroxylation is 1. The van der Waals surface area contributed by atoms with Gasteiger partial charge in [0.15, 0.2) is 5.82 Å². The predicted octanol–water partition coefficient (Wildman–Crippen LogP) is 7.19. The molecule has 0 saturated carbocycles. The minimum atomic E-state index is -5.07. The molecule has 270 valence electrons. The summed E-state index contributed by atoms with van der Waals surface area (Å²) in [5, 5.41) is 9.79. The smallest absolute Gasteiger partial charge is 0.420 e. The molecule has 0 amide bonds. The molecule has 3 aromatic heterocycles.